The van der Waals surface area contributed by atoms with Crippen molar-refractivity contribution in [2.24, 2.45) is 11.7 Å². The predicted molar refractivity (Wildman–Crippen MR) is 87.0 cm³/mol. The fourth-order valence-electron chi connectivity index (χ4n) is 3.73. The number of aliphatic hydroxyl groups excluding tert-OH is 1. The second-order valence-electron chi connectivity index (χ2n) is 6.40. The maximum atomic E-state index is 12.6. The molecule has 3 aliphatic rings. The third-order valence-corrected chi connectivity index (χ3v) is 5.18. The van der Waals surface area contributed by atoms with Crippen molar-refractivity contribution in [2.75, 3.05) is 6.54 Å². The van der Waals surface area contributed by atoms with Gasteiger partial charge in [-0.3, -0.25) is 4.79 Å². The summed E-state index contributed by atoms with van der Waals surface area (Å²) >= 11 is 11.9. The summed E-state index contributed by atoms with van der Waals surface area (Å²) in [7, 11) is 0. The number of carbonyl (C=O) groups excluding carboxylic acids is 1. The Morgan fingerprint density at radius 3 is 2.59 bits per heavy atom. The third-order valence-electron chi connectivity index (χ3n) is 4.75. The molecule has 22 heavy (non-hydrogen) atoms. The molecule has 0 radical (unpaired) electrons. The van der Waals surface area contributed by atoms with Crippen molar-refractivity contribution in [3.8, 4) is 0 Å². The zero-order valence-electron chi connectivity index (χ0n) is 12.2. The number of halogens is 2. The Labute approximate surface area is 140 Å². The van der Waals surface area contributed by atoms with Crippen molar-refractivity contribution in [1.29, 1.82) is 0 Å². The minimum atomic E-state index is -1.08. The zero-order chi connectivity index (χ0) is 15.9. The summed E-state index contributed by atoms with van der Waals surface area (Å²) in [5, 5.41) is 11.3. The zero-order valence-corrected chi connectivity index (χ0v) is 13.7. The highest BCUT2D eigenvalue weighted by Crippen LogP contribution is 2.34. The van der Waals surface area contributed by atoms with E-state index in [1.54, 1.807) is 23.1 Å². The van der Waals surface area contributed by atoms with Gasteiger partial charge in [-0.05, 0) is 48.9 Å². The number of piperidine rings is 2. The molecule has 4 unspecified atom stereocenters. The Hall–Kier alpha value is -0.810. The van der Waals surface area contributed by atoms with E-state index in [9.17, 15) is 9.90 Å². The first-order valence-electron chi connectivity index (χ1n) is 7.63. The Bertz CT molecular complexity index is 561. The predicted octanol–water partition coefficient (Wildman–Crippen LogP) is 2.23. The molecule has 1 amide bonds. The van der Waals surface area contributed by atoms with Crippen LogP contribution in [0.5, 0.6) is 0 Å². The molecule has 2 saturated heterocycles. The number of nitrogens with two attached hydrogens (primary N) is 1. The Kier molecular flexibility index (Phi) is 4.64. The van der Waals surface area contributed by atoms with Gasteiger partial charge in [0.1, 0.15) is 6.10 Å². The molecule has 0 aromatic heterocycles. The van der Waals surface area contributed by atoms with Gasteiger partial charge in [-0.1, -0.05) is 23.2 Å². The van der Waals surface area contributed by atoms with Crippen LogP contribution in [0.25, 0.3) is 0 Å². The summed E-state index contributed by atoms with van der Waals surface area (Å²) in [6, 6.07) is 5.17. The average molecular weight is 343 g/mol. The molecular formula is C16H20Cl2N2O2. The van der Waals surface area contributed by atoms with Crippen molar-refractivity contribution in [2.45, 2.75) is 43.9 Å². The van der Waals surface area contributed by atoms with E-state index in [2.05, 4.69) is 0 Å². The topological polar surface area (TPSA) is 66.6 Å². The number of hydrogen-bond donors (Lipinski definition) is 2. The van der Waals surface area contributed by atoms with Crippen LogP contribution in [0, 0.1) is 5.92 Å². The molecule has 6 heteroatoms. The molecule has 3 fully saturated rings. The molecular weight excluding hydrogens is 323 g/mol. The summed E-state index contributed by atoms with van der Waals surface area (Å²) in [5.74, 6) is 0.234. The van der Waals surface area contributed by atoms with E-state index >= 15 is 0 Å². The van der Waals surface area contributed by atoms with Crippen molar-refractivity contribution < 1.29 is 9.90 Å². The second-order valence-corrected chi connectivity index (χ2v) is 7.27. The van der Waals surface area contributed by atoms with E-state index < -0.39 is 6.10 Å². The molecule has 4 nitrogen and oxygen atoms in total. The van der Waals surface area contributed by atoms with Gasteiger partial charge in [0.25, 0.3) is 5.91 Å². The third kappa shape index (κ3) is 3.25. The van der Waals surface area contributed by atoms with Crippen LogP contribution in [0.15, 0.2) is 18.2 Å². The Morgan fingerprint density at radius 1 is 1.32 bits per heavy atom. The van der Waals surface area contributed by atoms with Crippen LogP contribution in [-0.2, 0) is 11.2 Å². The minimum absolute atomic E-state index is 0.0317. The van der Waals surface area contributed by atoms with Crippen LogP contribution in [-0.4, -0.2) is 40.6 Å². The van der Waals surface area contributed by atoms with Gasteiger partial charge >= 0.3 is 0 Å². The number of aliphatic hydroxyl groups is 1. The molecule has 3 N–H and O–H groups in total. The first-order valence-corrected chi connectivity index (χ1v) is 8.38. The average Bonchev–Trinajstić information content (AvgIpc) is 2.45. The normalized spacial score (nSPS) is 28.7. The molecule has 4 rings (SSSR count). The molecule has 1 aromatic rings. The highest BCUT2D eigenvalue weighted by molar-refractivity contribution is 6.34. The fourth-order valence-corrected chi connectivity index (χ4v) is 4.30. The quantitative estimate of drug-likeness (QED) is 0.885. The molecule has 2 aliphatic heterocycles. The van der Waals surface area contributed by atoms with Gasteiger partial charge in [0.05, 0.1) is 0 Å². The monoisotopic (exact) mass is 342 g/mol. The first-order chi connectivity index (χ1) is 10.4. The number of fused-ring (bicyclic) bond motifs is 3. The van der Waals surface area contributed by atoms with Gasteiger partial charge in [0.2, 0.25) is 0 Å². The summed E-state index contributed by atoms with van der Waals surface area (Å²) in [6.07, 6.45) is 2.17. The summed E-state index contributed by atoms with van der Waals surface area (Å²) in [6.45, 7) is 0.713. The van der Waals surface area contributed by atoms with Gasteiger partial charge in [-0.2, -0.15) is 0 Å². The van der Waals surface area contributed by atoms with Crippen molar-refractivity contribution >= 4 is 29.1 Å². The van der Waals surface area contributed by atoms with Crippen molar-refractivity contribution in [3.63, 3.8) is 0 Å². The molecule has 2 bridgehead atoms. The molecule has 1 saturated carbocycles. The van der Waals surface area contributed by atoms with E-state index in [1.807, 2.05) is 0 Å². The second kappa shape index (κ2) is 6.36. The van der Waals surface area contributed by atoms with Crippen LogP contribution < -0.4 is 5.73 Å². The van der Waals surface area contributed by atoms with E-state index in [0.717, 1.165) is 24.8 Å². The van der Waals surface area contributed by atoms with Crippen LogP contribution >= 0.6 is 23.2 Å². The lowest BCUT2D eigenvalue weighted by Crippen LogP contribution is -2.62. The number of hydrogen-bond acceptors (Lipinski definition) is 3. The fraction of sp³-hybridized carbons (Fsp3) is 0.562. The van der Waals surface area contributed by atoms with Crippen molar-refractivity contribution in [1.82, 2.24) is 4.90 Å². The minimum Gasteiger partial charge on any atom is -0.383 e. The maximum Gasteiger partial charge on any atom is 0.252 e. The summed E-state index contributed by atoms with van der Waals surface area (Å²) in [4.78, 5) is 14.3. The van der Waals surface area contributed by atoms with Crippen LogP contribution in [0.3, 0.4) is 0 Å². The molecule has 1 aromatic carbocycles. The molecule has 0 spiro atoms. The molecule has 2 heterocycles. The van der Waals surface area contributed by atoms with E-state index in [1.165, 1.54) is 0 Å². The number of amides is 1. The van der Waals surface area contributed by atoms with E-state index in [0.29, 0.717) is 22.5 Å². The lowest BCUT2D eigenvalue weighted by atomic mass is 9.76. The highest BCUT2D eigenvalue weighted by atomic mass is 35.5. The van der Waals surface area contributed by atoms with Gasteiger partial charge < -0.3 is 15.7 Å². The number of nitrogens with zero attached hydrogens (tertiary/aromatic N) is 1. The molecule has 1 aliphatic carbocycles. The van der Waals surface area contributed by atoms with Gasteiger partial charge in [0, 0.05) is 35.1 Å². The Morgan fingerprint density at radius 2 is 2.00 bits per heavy atom. The lowest BCUT2D eigenvalue weighted by Gasteiger charge is -2.49. The van der Waals surface area contributed by atoms with Crippen LogP contribution in [0.1, 0.15) is 24.8 Å². The van der Waals surface area contributed by atoms with Gasteiger partial charge in [-0.15, -0.1) is 0 Å². The van der Waals surface area contributed by atoms with Crippen LogP contribution in [0.2, 0.25) is 10.0 Å². The SMILES string of the molecule is NC1CC2CCC1N(C(=O)C(O)Cc1cc(Cl)cc(Cl)c1)C2. The standard InChI is InChI=1S/C16H20Cl2N2O2/c17-11-3-10(4-12(18)7-11)6-15(21)16(22)20-8-9-1-2-14(20)13(19)5-9/h3-4,7,9,13-15,21H,1-2,5-6,8,19H2. The maximum absolute atomic E-state index is 12.6. The van der Waals surface area contributed by atoms with Crippen LogP contribution in [0.4, 0.5) is 0 Å². The largest absolute Gasteiger partial charge is 0.383 e. The highest BCUT2D eigenvalue weighted by Gasteiger charge is 2.42. The number of benzene rings is 1. The van der Waals surface area contributed by atoms with E-state index in [4.69, 9.17) is 28.9 Å². The van der Waals surface area contributed by atoms with Crippen molar-refractivity contribution in [3.05, 3.63) is 33.8 Å². The Balaban J connectivity index is 1.69. The lowest BCUT2D eigenvalue weighted by molar-refractivity contribution is -0.148. The molecule has 4 atom stereocenters. The van der Waals surface area contributed by atoms with Gasteiger partial charge in [-0.25, -0.2) is 0 Å². The number of carbonyl (C=O) groups is 1. The van der Waals surface area contributed by atoms with E-state index in [-0.39, 0.29) is 24.4 Å². The smallest absolute Gasteiger partial charge is 0.252 e. The summed E-state index contributed by atoms with van der Waals surface area (Å²) < 4.78 is 0. The number of rotatable bonds is 3. The molecule has 120 valence electrons. The van der Waals surface area contributed by atoms with Gasteiger partial charge in [0.15, 0.2) is 0 Å². The summed E-state index contributed by atoms with van der Waals surface area (Å²) in [5.41, 5.74) is 6.88. The first kappa shape index (κ1) is 16.1.